The fraction of sp³-hybridized carbons (Fsp3) is 0.150. The van der Waals surface area contributed by atoms with Gasteiger partial charge in [0, 0.05) is 17.1 Å². The lowest BCUT2D eigenvalue weighted by Crippen LogP contribution is -2.07. The number of aryl methyl sites for hydroxylation is 1. The van der Waals surface area contributed by atoms with Crippen LogP contribution in [0.1, 0.15) is 27.6 Å². The standard InChI is InChI=1S/C20H16FN3O4/c1-12-10-16(13(2)24(12)15-7-5-14(21)6-8-15)20(25)27-11-18-22-23-19(28-18)17-4-3-9-26-17/h3-10H,11H2,1-2H3. The molecule has 1 aromatic carbocycles. The van der Waals surface area contributed by atoms with Crippen LogP contribution in [0.5, 0.6) is 0 Å². The van der Waals surface area contributed by atoms with E-state index in [4.69, 9.17) is 13.6 Å². The third-order valence-electron chi connectivity index (χ3n) is 4.26. The lowest BCUT2D eigenvalue weighted by atomic mass is 10.2. The van der Waals surface area contributed by atoms with Crippen molar-refractivity contribution in [2.75, 3.05) is 0 Å². The summed E-state index contributed by atoms with van der Waals surface area (Å²) in [6.07, 6.45) is 1.50. The summed E-state index contributed by atoms with van der Waals surface area (Å²) in [5.74, 6) is -0.0240. The molecule has 0 aliphatic carbocycles. The summed E-state index contributed by atoms with van der Waals surface area (Å²) in [5, 5.41) is 7.70. The number of hydrogen-bond donors (Lipinski definition) is 0. The molecule has 0 amide bonds. The molecule has 3 aromatic heterocycles. The number of rotatable bonds is 5. The first-order chi connectivity index (χ1) is 13.5. The van der Waals surface area contributed by atoms with Crippen LogP contribution in [0.3, 0.4) is 0 Å². The Morgan fingerprint density at radius 1 is 1.18 bits per heavy atom. The molecule has 0 spiro atoms. The van der Waals surface area contributed by atoms with Crippen molar-refractivity contribution >= 4 is 5.97 Å². The fourth-order valence-corrected chi connectivity index (χ4v) is 2.97. The van der Waals surface area contributed by atoms with Gasteiger partial charge < -0.3 is 18.1 Å². The molecule has 8 heteroatoms. The van der Waals surface area contributed by atoms with Crippen molar-refractivity contribution in [3.63, 3.8) is 0 Å². The highest BCUT2D eigenvalue weighted by Crippen LogP contribution is 2.23. The van der Waals surface area contributed by atoms with Crippen molar-refractivity contribution < 1.29 is 22.8 Å². The molecule has 7 nitrogen and oxygen atoms in total. The Hall–Kier alpha value is -3.68. The van der Waals surface area contributed by atoms with Crippen LogP contribution in [0, 0.1) is 19.7 Å². The van der Waals surface area contributed by atoms with Gasteiger partial charge in [-0.2, -0.15) is 0 Å². The quantitative estimate of drug-likeness (QED) is 0.481. The Bertz CT molecular complexity index is 1110. The molecule has 0 aliphatic rings. The number of esters is 1. The highest BCUT2D eigenvalue weighted by atomic mass is 19.1. The lowest BCUT2D eigenvalue weighted by Gasteiger charge is -2.09. The van der Waals surface area contributed by atoms with Crippen LogP contribution in [0.4, 0.5) is 4.39 Å². The number of aromatic nitrogens is 3. The minimum atomic E-state index is -0.515. The summed E-state index contributed by atoms with van der Waals surface area (Å²) < 4.78 is 30.9. The molecule has 4 rings (SSSR count). The van der Waals surface area contributed by atoms with E-state index in [9.17, 15) is 9.18 Å². The van der Waals surface area contributed by atoms with Crippen LogP contribution in [0.25, 0.3) is 17.3 Å². The molecule has 3 heterocycles. The predicted molar refractivity (Wildman–Crippen MR) is 96.3 cm³/mol. The maximum absolute atomic E-state index is 13.2. The highest BCUT2D eigenvalue weighted by molar-refractivity contribution is 5.91. The molecule has 0 bridgehead atoms. The predicted octanol–water partition coefficient (Wildman–Crippen LogP) is 4.23. The van der Waals surface area contributed by atoms with Gasteiger partial charge in [0.1, 0.15) is 5.82 Å². The van der Waals surface area contributed by atoms with Crippen molar-refractivity contribution in [1.29, 1.82) is 0 Å². The van der Waals surface area contributed by atoms with Gasteiger partial charge in [-0.1, -0.05) is 0 Å². The number of nitrogens with zero attached hydrogens (tertiary/aromatic N) is 3. The number of furan rings is 1. The van der Waals surface area contributed by atoms with Crippen molar-refractivity contribution in [3.05, 3.63) is 77.4 Å². The van der Waals surface area contributed by atoms with E-state index in [1.165, 1.54) is 18.4 Å². The molecule has 0 N–H and O–H groups in total. The van der Waals surface area contributed by atoms with Gasteiger partial charge in [0.05, 0.1) is 11.8 Å². The van der Waals surface area contributed by atoms with Gasteiger partial charge in [-0.15, -0.1) is 10.2 Å². The third kappa shape index (κ3) is 3.32. The van der Waals surface area contributed by atoms with Gasteiger partial charge in [-0.25, -0.2) is 9.18 Å². The van der Waals surface area contributed by atoms with Crippen LogP contribution in [-0.2, 0) is 11.3 Å². The molecule has 142 valence electrons. The summed E-state index contributed by atoms with van der Waals surface area (Å²) in [6.45, 7) is 3.50. The first kappa shape index (κ1) is 17.7. The highest BCUT2D eigenvalue weighted by Gasteiger charge is 2.19. The van der Waals surface area contributed by atoms with Gasteiger partial charge in [0.2, 0.25) is 0 Å². The van der Waals surface area contributed by atoms with E-state index in [-0.39, 0.29) is 24.2 Å². The minimum Gasteiger partial charge on any atom is -0.459 e. The summed E-state index contributed by atoms with van der Waals surface area (Å²) in [6, 6.07) is 11.2. The number of benzene rings is 1. The average molecular weight is 381 g/mol. The zero-order valence-electron chi connectivity index (χ0n) is 15.2. The van der Waals surface area contributed by atoms with Gasteiger partial charge in [-0.05, 0) is 56.3 Å². The van der Waals surface area contributed by atoms with Crippen LogP contribution >= 0.6 is 0 Å². The summed E-state index contributed by atoms with van der Waals surface area (Å²) >= 11 is 0. The molecule has 0 aliphatic heterocycles. The Kier molecular flexibility index (Phi) is 4.52. The number of ether oxygens (including phenoxy) is 1. The molecule has 0 saturated heterocycles. The molecule has 0 radical (unpaired) electrons. The van der Waals surface area contributed by atoms with Crippen molar-refractivity contribution in [2.45, 2.75) is 20.5 Å². The normalized spacial score (nSPS) is 11.0. The summed E-state index contributed by atoms with van der Waals surface area (Å²) in [7, 11) is 0. The molecule has 0 saturated carbocycles. The fourth-order valence-electron chi connectivity index (χ4n) is 2.97. The van der Waals surface area contributed by atoms with E-state index in [0.29, 0.717) is 17.0 Å². The number of hydrogen-bond acceptors (Lipinski definition) is 6. The first-order valence-electron chi connectivity index (χ1n) is 8.51. The SMILES string of the molecule is Cc1cc(C(=O)OCc2nnc(-c3ccco3)o2)c(C)n1-c1ccc(F)cc1. The molecule has 28 heavy (non-hydrogen) atoms. The van der Waals surface area contributed by atoms with Crippen molar-refractivity contribution in [3.8, 4) is 17.3 Å². The number of carbonyl (C=O) groups is 1. The molecule has 0 atom stereocenters. The smallest absolute Gasteiger partial charge is 0.340 e. The minimum absolute atomic E-state index is 0.159. The molecule has 0 unspecified atom stereocenters. The second kappa shape index (κ2) is 7.15. The van der Waals surface area contributed by atoms with Crippen molar-refractivity contribution in [2.24, 2.45) is 0 Å². The maximum atomic E-state index is 13.2. The molecular formula is C20H16FN3O4. The molecular weight excluding hydrogens is 365 g/mol. The molecule has 4 aromatic rings. The zero-order chi connectivity index (χ0) is 19.7. The number of carbonyl (C=O) groups excluding carboxylic acids is 1. The Labute approximate surface area is 159 Å². The van der Waals surface area contributed by atoms with Gasteiger partial charge in [0.25, 0.3) is 11.8 Å². The monoisotopic (exact) mass is 381 g/mol. The van der Waals surface area contributed by atoms with Crippen LogP contribution < -0.4 is 0 Å². The van der Waals surface area contributed by atoms with E-state index in [2.05, 4.69) is 10.2 Å². The van der Waals surface area contributed by atoms with Crippen LogP contribution in [-0.4, -0.2) is 20.7 Å². The van der Waals surface area contributed by atoms with E-state index in [1.807, 2.05) is 11.5 Å². The Balaban J connectivity index is 1.50. The van der Waals surface area contributed by atoms with E-state index in [1.54, 1.807) is 37.3 Å². The first-order valence-corrected chi connectivity index (χ1v) is 8.51. The summed E-state index contributed by atoms with van der Waals surface area (Å²) in [4.78, 5) is 12.5. The maximum Gasteiger partial charge on any atom is 0.340 e. The van der Waals surface area contributed by atoms with E-state index in [0.717, 1.165) is 11.4 Å². The second-order valence-electron chi connectivity index (χ2n) is 6.15. The van der Waals surface area contributed by atoms with Gasteiger partial charge in [0.15, 0.2) is 12.4 Å². The second-order valence-corrected chi connectivity index (χ2v) is 6.15. The van der Waals surface area contributed by atoms with Gasteiger partial charge in [-0.3, -0.25) is 0 Å². The average Bonchev–Trinajstić information content (AvgIpc) is 3.41. The van der Waals surface area contributed by atoms with Crippen LogP contribution in [0.15, 0.2) is 57.6 Å². The lowest BCUT2D eigenvalue weighted by molar-refractivity contribution is 0.0437. The molecule has 0 fully saturated rings. The largest absolute Gasteiger partial charge is 0.459 e. The third-order valence-corrected chi connectivity index (χ3v) is 4.26. The Morgan fingerprint density at radius 2 is 1.96 bits per heavy atom. The summed E-state index contributed by atoms with van der Waals surface area (Å²) in [5.41, 5.74) is 2.69. The van der Waals surface area contributed by atoms with Crippen LogP contribution in [0.2, 0.25) is 0 Å². The number of halogens is 1. The zero-order valence-corrected chi connectivity index (χ0v) is 15.2. The topological polar surface area (TPSA) is 83.3 Å². The van der Waals surface area contributed by atoms with E-state index < -0.39 is 5.97 Å². The van der Waals surface area contributed by atoms with Crippen molar-refractivity contribution in [1.82, 2.24) is 14.8 Å². The van der Waals surface area contributed by atoms with E-state index >= 15 is 0 Å². The van der Waals surface area contributed by atoms with Gasteiger partial charge >= 0.3 is 5.97 Å². The Morgan fingerprint density at radius 3 is 2.68 bits per heavy atom.